The molecule has 0 spiro atoms. The Bertz CT molecular complexity index is 515. The molecule has 2 N–H and O–H groups in total. The fourth-order valence-corrected chi connectivity index (χ4v) is 1.79. The van der Waals surface area contributed by atoms with Gasteiger partial charge in [0, 0.05) is 18.0 Å². The zero-order valence-electron chi connectivity index (χ0n) is 10.4. The Balaban J connectivity index is 2.50. The number of nitrogen functional groups attached to an aromatic ring is 1. The second-order valence-electron chi connectivity index (χ2n) is 4.56. The highest BCUT2D eigenvalue weighted by Crippen LogP contribution is 2.26. The third kappa shape index (κ3) is 2.44. The molecule has 0 aliphatic heterocycles. The number of nitrogens with zero attached hydrogens (tertiary/aromatic N) is 2. The first kappa shape index (κ1) is 11.6. The summed E-state index contributed by atoms with van der Waals surface area (Å²) in [5, 5.41) is 0. The van der Waals surface area contributed by atoms with Crippen molar-refractivity contribution in [1.82, 2.24) is 9.97 Å². The van der Waals surface area contributed by atoms with E-state index in [9.17, 15) is 0 Å². The number of hydrogen-bond acceptors (Lipinski definition) is 3. The van der Waals surface area contributed by atoms with E-state index in [1.54, 1.807) is 12.4 Å². The van der Waals surface area contributed by atoms with E-state index >= 15 is 0 Å². The second kappa shape index (κ2) is 4.53. The van der Waals surface area contributed by atoms with Crippen molar-refractivity contribution in [3.8, 4) is 11.1 Å². The van der Waals surface area contributed by atoms with Gasteiger partial charge >= 0.3 is 0 Å². The molecule has 0 saturated heterocycles. The molecule has 1 aromatic carbocycles. The zero-order valence-corrected chi connectivity index (χ0v) is 10.4. The summed E-state index contributed by atoms with van der Waals surface area (Å²) >= 11 is 0. The Morgan fingerprint density at radius 3 is 2.35 bits per heavy atom. The fraction of sp³-hybridized carbons (Fsp3) is 0.286. The molecule has 0 unspecified atom stereocenters. The van der Waals surface area contributed by atoms with Crippen molar-refractivity contribution in [2.24, 2.45) is 0 Å². The molecule has 0 saturated carbocycles. The SMILES string of the molecule is Cc1ccc(C(C)C)cc1-c1cnc(N)nc1. The number of nitrogens with two attached hydrogens (primary N) is 1. The number of hydrogen-bond donors (Lipinski definition) is 1. The van der Waals surface area contributed by atoms with Crippen molar-refractivity contribution in [2.45, 2.75) is 26.7 Å². The minimum atomic E-state index is 0.311. The van der Waals surface area contributed by atoms with Gasteiger partial charge in [0.1, 0.15) is 0 Å². The van der Waals surface area contributed by atoms with Gasteiger partial charge < -0.3 is 5.73 Å². The number of anilines is 1. The molecule has 3 heteroatoms. The van der Waals surface area contributed by atoms with Crippen LogP contribution in [0.4, 0.5) is 5.95 Å². The predicted octanol–water partition coefficient (Wildman–Crippen LogP) is 3.16. The van der Waals surface area contributed by atoms with Crippen LogP contribution in [0.25, 0.3) is 11.1 Å². The van der Waals surface area contributed by atoms with Crippen LogP contribution < -0.4 is 5.73 Å². The highest BCUT2D eigenvalue weighted by Gasteiger charge is 2.06. The quantitative estimate of drug-likeness (QED) is 0.857. The molecule has 0 aliphatic carbocycles. The van der Waals surface area contributed by atoms with Gasteiger partial charge in [0.25, 0.3) is 0 Å². The number of benzene rings is 1. The molecule has 3 nitrogen and oxygen atoms in total. The van der Waals surface area contributed by atoms with E-state index in [1.165, 1.54) is 16.7 Å². The topological polar surface area (TPSA) is 51.8 Å². The van der Waals surface area contributed by atoms with E-state index in [2.05, 4.69) is 48.9 Å². The number of aromatic nitrogens is 2. The van der Waals surface area contributed by atoms with Crippen molar-refractivity contribution in [3.05, 3.63) is 41.7 Å². The Labute approximate surface area is 102 Å². The standard InChI is InChI=1S/C14H17N3/c1-9(2)11-5-4-10(3)13(6-11)12-7-16-14(15)17-8-12/h4-9H,1-3H3,(H2,15,16,17). The van der Waals surface area contributed by atoms with Crippen molar-refractivity contribution in [3.63, 3.8) is 0 Å². The van der Waals surface area contributed by atoms with E-state index in [0.29, 0.717) is 11.9 Å². The lowest BCUT2D eigenvalue weighted by molar-refractivity contribution is 0.866. The third-order valence-electron chi connectivity index (χ3n) is 2.91. The van der Waals surface area contributed by atoms with Crippen LogP contribution in [-0.2, 0) is 0 Å². The molecular weight excluding hydrogens is 210 g/mol. The van der Waals surface area contributed by atoms with Crippen LogP contribution in [0.2, 0.25) is 0 Å². The van der Waals surface area contributed by atoms with Crippen molar-refractivity contribution in [2.75, 3.05) is 5.73 Å². The zero-order chi connectivity index (χ0) is 12.4. The van der Waals surface area contributed by atoms with E-state index < -0.39 is 0 Å². The lowest BCUT2D eigenvalue weighted by Gasteiger charge is -2.11. The summed E-state index contributed by atoms with van der Waals surface area (Å²) in [5.74, 6) is 0.829. The van der Waals surface area contributed by atoms with Crippen LogP contribution in [0.3, 0.4) is 0 Å². The first-order chi connectivity index (χ1) is 8.08. The van der Waals surface area contributed by atoms with Gasteiger partial charge in [-0.2, -0.15) is 0 Å². The molecule has 2 aromatic rings. The molecule has 0 atom stereocenters. The van der Waals surface area contributed by atoms with Gasteiger partial charge in [0.2, 0.25) is 5.95 Å². The molecule has 0 amide bonds. The first-order valence-electron chi connectivity index (χ1n) is 5.76. The minimum absolute atomic E-state index is 0.311. The van der Waals surface area contributed by atoms with Gasteiger partial charge in [0.05, 0.1) is 0 Å². The van der Waals surface area contributed by atoms with Crippen LogP contribution in [0.5, 0.6) is 0 Å². The molecular formula is C14H17N3. The normalized spacial score (nSPS) is 10.8. The van der Waals surface area contributed by atoms with Gasteiger partial charge in [-0.05, 0) is 29.5 Å². The smallest absolute Gasteiger partial charge is 0.219 e. The molecule has 0 radical (unpaired) electrons. The maximum absolute atomic E-state index is 5.50. The summed E-state index contributed by atoms with van der Waals surface area (Å²) in [4.78, 5) is 8.08. The third-order valence-corrected chi connectivity index (χ3v) is 2.91. The molecule has 2 rings (SSSR count). The van der Waals surface area contributed by atoms with E-state index in [-0.39, 0.29) is 0 Å². The van der Waals surface area contributed by atoms with Gasteiger partial charge in [-0.25, -0.2) is 9.97 Å². The largest absolute Gasteiger partial charge is 0.368 e. The Morgan fingerprint density at radius 1 is 1.12 bits per heavy atom. The summed E-state index contributed by atoms with van der Waals surface area (Å²) in [5.41, 5.74) is 10.2. The first-order valence-corrected chi connectivity index (χ1v) is 5.76. The lowest BCUT2D eigenvalue weighted by Crippen LogP contribution is -1.95. The van der Waals surface area contributed by atoms with Gasteiger partial charge in [0.15, 0.2) is 0 Å². The monoisotopic (exact) mass is 227 g/mol. The van der Waals surface area contributed by atoms with Crippen molar-refractivity contribution in [1.29, 1.82) is 0 Å². The Kier molecular flexibility index (Phi) is 3.09. The molecule has 0 aliphatic rings. The summed E-state index contributed by atoms with van der Waals surface area (Å²) in [7, 11) is 0. The fourth-order valence-electron chi connectivity index (χ4n) is 1.79. The summed E-state index contributed by atoms with van der Waals surface area (Å²) in [6.45, 7) is 6.47. The maximum atomic E-state index is 5.50. The molecule has 0 fully saturated rings. The molecule has 88 valence electrons. The summed E-state index contributed by atoms with van der Waals surface area (Å²) in [6.07, 6.45) is 3.55. The van der Waals surface area contributed by atoms with Gasteiger partial charge in [-0.1, -0.05) is 32.0 Å². The van der Waals surface area contributed by atoms with Crippen LogP contribution in [0.1, 0.15) is 30.9 Å². The average molecular weight is 227 g/mol. The van der Waals surface area contributed by atoms with Crippen LogP contribution in [0.15, 0.2) is 30.6 Å². The molecule has 1 heterocycles. The second-order valence-corrected chi connectivity index (χ2v) is 4.56. The van der Waals surface area contributed by atoms with E-state index in [0.717, 1.165) is 5.56 Å². The number of aryl methyl sites for hydroxylation is 1. The van der Waals surface area contributed by atoms with Crippen LogP contribution >= 0.6 is 0 Å². The van der Waals surface area contributed by atoms with Gasteiger partial charge in [-0.15, -0.1) is 0 Å². The van der Waals surface area contributed by atoms with E-state index in [1.807, 2.05) is 0 Å². The van der Waals surface area contributed by atoms with Crippen LogP contribution in [-0.4, -0.2) is 9.97 Å². The number of rotatable bonds is 2. The Morgan fingerprint density at radius 2 is 1.76 bits per heavy atom. The minimum Gasteiger partial charge on any atom is -0.368 e. The highest BCUT2D eigenvalue weighted by molar-refractivity contribution is 5.66. The predicted molar refractivity (Wildman–Crippen MR) is 70.7 cm³/mol. The average Bonchev–Trinajstić information content (AvgIpc) is 2.31. The van der Waals surface area contributed by atoms with Gasteiger partial charge in [-0.3, -0.25) is 0 Å². The molecule has 1 aromatic heterocycles. The molecule has 0 bridgehead atoms. The summed E-state index contributed by atoms with van der Waals surface area (Å²) < 4.78 is 0. The van der Waals surface area contributed by atoms with Crippen molar-refractivity contribution >= 4 is 5.95 Å². The highest BCUT2D eigenvalue weighted by atomic mass is 15.0. The lowest BCUT2D eigenvalue weighted by atomic mass is 9.95. The molecule has 17 heavy (non-hydrogen) atoms. The van der Waals surface area contributed by atoms with E-state index in [4.69, 9.17) is 5.73 Å². The maximum Gasteiger partial charge on any atom is 0.219 e. The Hall–Kier alpha value is -1.90. The van der Waals surface area contributed by atoms with Crippen LogP contribution in [0, 0.1) is 6.92 Å². The van der Waals surface area contributed by atoms with Crippen molar-refractivity contribution < 1.29 is 0 Å². The summed E-state index contributed by atoms with van der Waals surface area (Å²) in [6, 6.07) is 6.51.